The SMILES string of the molecule is C1=NN=C(c2ccc(C(=C(c3ccccc3)c3ccccc3)c3ccccc3)cc2)C1. The molecule has 0 saturated heterocycles. The molecule has 0 radical (unpaired) electrons. The molecular weight excluding hydrogens is 376 g/mol. The van der Waals surface area contributed by atoms with Crippen LogP contribution in [-0.4, -0.2) is 11.9 Å². The zero-order valence-electron chi connectivity index (χ0n) is 17.1. The first-order chi connectivity index (χ1) is 15.4. The summed E-state index contributed by atoms with van der Waals surface area (Å²) < 4.78 is 0. The molecule has 0 aliphatic carbocycles. The molecule has 31 heavy (non-hydrogen) atoms. The van der Waals surface area contributed by atoms with E-state index in [0.717, 1.165) is 17.7 Å². The number of nitrogens with zero attached hydrogens (tertiary/aromatic N) is 2. The van der Waals surface area contributed by atoms with Crippen LogP contribution in [0.25, 0.3) is 11.1 Å². The number of benzene rings is 4. The second kappa shape index (κ2) is 8.76. The first-order valence-electron chi connectivity index (χ1n) is 10.5. The fourth-order valence-electron chi connectivity index (χ4n) is 4.01. The van der Waals surface area contributed by atoms with E-state index in [1.165, 1.54) is 33.4 Å². The summed E-state index contributed by atoms with van der Waals surface area (Å²) in [6.45, 7) is 0. The minimum atomic E-state index is 0.792. The molecule has 0 spiro atoms. The lowest BCUT2D eigenvalue weighted by Crippen LogP contribution is -2.00. The molecule has 1 aliphatic heterocycles. The Morgan fingerprint density at radius 3 is 1.29 bits per heavy atom. The van der Waals surface area contributed by atoms with Gasteiger partial charge in [-0.1, -0.05) is 115 Å². The largest absolute Gasteiger partial charge is 0.163 e. The average molecular weight is 399 g/mol. The Balaban J connectivity index is 1.75. The predicted molar refractivity (Wildman–Crippen MR) is 130 cm³/mol. The Bertz CT molecular complexity index is 1210. The molecule has 0 bridgehead atoms. The maximum absolute atomic E-state index is 4.24. The van der Waals surface area contributed by atoms with Gasteiger partial charge < -0.3 is 0 Å². The third-order valence-corrected chi connectivity index (χ3v) is 5.49. The van der Waals surface area contributed by atoms with E-state index in [4.69, 9.17) is 0 Å². The Kier molecular flexibility index (Phi) is 5.36. The van der Waals surface area contributed by atoms with Crippen molar-refractivity contribution < 1.29 is 0 Å². The minimum absolute atomic E-state index is 0.792. The van der Waals surface area contributed by atoms with Gasteiger partial charge in [-0.15, -0.1) is 0 Å². The lowest BCUT2D eigenvalue weighted by Gasteiger charge is -2.18. The summed E-state index contributed by atoms with van der Waals surface area (Å²) in [5, 5.41) is 8.25. The summed E-state index contributed by atoms with van der Waals surface area (Å²) in [6, 6.07) is 40.6. The Morgan fingerprint density at radius 2 is 0.903 bits per heavy atom. The second-order valence-electron chi connectivity index (χ2n) is 7.47. The zero-order chi connectivity index (χ0) is 20.9. The van der Waals surface area contributed by atoms with Gasteiger partial charge in [0.15, 0.2) is 0 Å². The number of hydrogen-bond donors (Lipinski definition) is 0. The fourth-order valence-corrected chi connectivity index (χ4v) is 4.01. The molecule has 0 atom stereocenters. The number of hydrogen-bond acceptors (Lipinski definition) is 2. The van der Waals surface area contributed by atoms with Gasteiger partial charge in [0, 0.05) is 12.6 Å². The van der Waals surface area contributed by atoms with Crippen LogP contribution in [0.3, 0.4) is 0 Å². The lowest BCUT2D eigenvalue weighted by molar-refractivity contribution is 1.28. The van der Waals surface area contributed by atoms with Gasteiger partial charge in [-0.05, 0) is 39.0 Å². The quantitative estimate of drug-likeness (QED) is 0.328. The molecule has 5 rings (SSSR count). The topological polar surface area (TPSA) is 24.7 Å². The molecule has 0 fully saturated rings. The van der Waals surface area contributed by atoms with E-state index in [2.05, 4.69) is 125 Å². The fraction of sp³-hybridized carbons (Fsp3) is 0.0345. The van der Waals surface area contributed by atoms with Crippen molar-refractivity contribution in [3.8, 4) is 0 Å². The van der Waals surface area contributed by atoms with E-state index in [-0.39, 0.29) is 0 Å². The van der Waals surface area contributed by atoms with Gasteiger partial charge in [-0.3, -0.25) is 0 Å². The highest BCUT2D eigenvalue weighted by molar-refractivity contribution is 6.10. The third-order valence-electron chi connectivity index (χ3n) is 5.49. The monoisotopic (exact) mass is 398 g/mol. The molecule has 148 valence electrons. The Hall–Kier alpha value is -4.04. The predicted octanol–water partition coefficient (Wildman–Crippen LogP) is 6.87. The lowest BCUT2D eigenvalue weighted by atomic mass is 9.85. The summed E-state index contributed by atoms with van der Waals surface area (Å²) in [6.07, 6.45) is 2.64. The van der Waals surface area contributed by atoms with Crippen LogP contribution in [0.4, 0.5) is 0 Å². The van der Waals surface area contributed by atoms with Gasteiger partial charge >= 0.3 is 0 Å². The van der Waals surface area contributed by atoms with Crippen molar-refractivity contribution in [3.63, 3.8) is 0 Å². The van der Waals surface area contributed by atoms with E-state index in [9.17, 15) is 0 Å². The van der Waals surface area contributed by atoms with Gasteiger partial charge in [-0.2, -0.15) is 10.2 Å². The van der Waals surface area contributed by atoms with E-state index in [1.807, 2.05) is 6.21 Å². The zero-order valence-corrected chi connectivity index (χ0v) is 17.1. The molecule has 0 saturated carbocycles. The molecule has 2 nitrogen and oxygen atoms in total. The Labute approximate surface area is 182 Å². The molecule has 0 N–H and O–H groups in total. The van der Waals surface area contributed by atoms with E-state index in [0.29, 0.717) is 0 Å². The highest BCUT2D eigenvalue weighted by Gasteiger charge is 2.16. The van der Waals surface area contributed by atoms with Crippen LogP contribution in [0.2, 0.25) is 0 Å². The molecule has 2 heteroatoms. The molecule has 4 aromatic carbocycles. The molecule has 1 aliphatic rings. The summed E-state index contributed by atoms with van der Waals surface area (Å²) >= 11 is 0. The summed E-state index contributed by atoms with van der Waals surface area (Å²) in [7, 11) is 0. The highest BCUT2D eigenvalue weighted by atomic mass is 15.2. The summed E-state index contributed by atoms with van der Waals surface area (Å²) in [4.78, 5) is 0. The molecule has 0 amide bonds. The Morgan fingerprint density at radius 1 is 0.484 bits per heavy atom. The maximum Gasteiger partial charge on any atom is 0.0756 e. The van der Waals surface area contributed by atoms with Crippen LogP contribution >= 0.6 is 0 Å². The van der Waals surface area contributed by atoms with Crippen LogP contribution < -0.4 is 0 Å². The highest BCUT2D eigenvalue weighted by Crippen LogP contribution is 2.36. The van der Waals surface area contributed by atoms with Crippen molar-refractivity contribution in [3.05, 3.63) is 143 Å². The van der Waals surface area contributed by atoms with Crippen LogP contribution in [0.5, 0.6) is 0 Å². The third kappa shape index (κ3) is 4.01. The molecular formula is C29H22N2. The first-order valence-corrected chi connectivity index (χ1v) is 10.5. The van der Waals surface area contributed by atoms with E-state index < -0.39 is 0 Å². The van der Waals surface area contributed by atoms with Crippen molar-refractivity contribution in [2.45, 2.75) is 6.42 Å². The van der Waals surface area contributed by atoms with Gasteiger partial charge in [0.1, 0.15) is 0 Å². The average Bonchev–Trinajstić information content (AvgIpc) is 3.39. The van der Waals surface area contributed by atoms with Crippen LogP contribution in [-0.2, 0) is 0 Å². The van der Waals surface area contributed by atoms with Crippen LogP contribution in [0.1, 0.15) is 34.2 Å². The number of rotatable bonds is 5. The van der Waals surface area contributed by atoms with Gasteiger partial charge in [0.2, 0.25) is 0 Å². The van der Waals surface area contributed by atoms with Crippen LogP contribution in [0, 0.1) is 0 Å². The van der Waals surface area contributed by atoms with Crippen molar-refractivity contribution in [1.82, 2.24) is 0 Å². The van der Waals surface area contributed by atoms with Crippen molar-refractivity contribution in [2.24, 2.45) is 10.2 Å². The minimum Gasteiger partial charge on any atom is -0.163 e. The summed E-state index contributed by atoms with van der Waals surface area (Å²) in [5.41, 5.74) is 9.35. The summed E-state index contributed by atoms with van der Waals surface area (Å²) in [5.74, 6) is 0. The normalized spacial score (nSPS) is 12.5. The first kappa shape index (κ1) is 19.0. The smallest absolute Gasteiger partial charge is 0.0756 e. The molecule has 0 unspecified atom stereocenters. The van der Waals surface area contributed by atoms with E-state index in [1.54, 1.807) is 0 Å². The van der Waals surface area contributed by atoms with Crippen molar-refractivity contribution in [1.29, 1.82) is 0 Å². The maximum atomic E-state index is 4.24. The van der Waals surface area contributed by atoms with Gasteiger partial charge in [0.05, 0.1) is 5.71 Å². The van der Waals surface area contributed by atoms with E-state index >= 15 is 0 Å². The molecule has 4 aromatic rings. The van der Waals surface area contributed by atoms with Crippen LogP contribution in [0.15, 0.2) is 125 Å². The molecule has 1 heterocycles. The van der Waals surface area contributed by atoms with Crippen molar-refractivity contribution in [2.75, 3.05) is 0 Å². The standard InChI is InChI=1S/C29H22N2/c1-4-10-23(11-5-1)28(24-12-6-2-7-13-24)29(25-14-8-3-9-15-25)26-18-16-22(17-19-26)27-20-21-30-31-27/h1-19,21H,20H2. The van der Waals surface area contributed by atoms with Crippen molar-refractivity contribution >= 4 is 23.1 Å². The second-order valence-corrected chi connectivity index (χ2v) is 7.47. The molecule has 0 aromatic heterocycles. The van der Waals surface area contributed by atoms with Gasteiger partial charge in [0.25, 0.3) is 0 Å². The van der Waals surface area contributed by atoms with Gasteiger partial charge in [-0.25, -0.2) is 0 Å².